The fraction of sp³-hybridized carbons (Fsp3) is 0.300. The summed E-state index contributed by atoms with van der Waals surface area (Å²) in [7, 11) is 0. The number of thiazole rings is 1. The summed E-state index contributed by atoms with van der Waals surface area (Å²) in [5.74, 6) is 0. The molecule has 0 N–H and O–H groups in total. The summed E-state index contributed by atoms with van der Waals surface area (Å²) in [5, 5.41) is 4.59. The Morgan fingerprint density at radius 3 is 2.94 bits per heavy atom. The maximum atomic E-state index is 8.51. The van der Waals surface area contributed by atoms with Gasteiger partial charge in [-0.05, 0) is 37.6 Å². The number of nitrogens with zero attached hydrogens (tertiary/aromatic N) is 4. The lowest BCUT2D eigenvalue weighted by molar-refractivity contribution is 0.548. The van der Waals surface area contributed by atoms with Gasteiger partial charge in [-0.25, -0.2) is 4.98 Å². The van der Waals surface area contributed by atoms with Gasteiger partial charge in [0, 0.05) is 9.38 Å². The largest absolute Gasteiger partial charge is 0.240 e. The lowest BCUT2D eigenvalue weighted by Crippen LogP contribution is -2.11. The zero-order chi connectivity index (χ0) is 11.8. The van der Waals surface area contributed by atoms with E-state index in [-0.39, 0.29) is 0 Å². The molecular weight excluding hydrogens is 288 g/mol. The van der Waals surface area contributed by atoms with Gasteiger partial charge in [-0.2, -0.15) is 0 Å². The predicted octanol–water partition coefficient (Wildman–Crippen LogP) is 4.60. The van der Waals surface area contributed by atoms with Crippen molar-refractivity contribution in [2.24, 2.45) is 5.11 Å². The van der Waals surface area contributed by atoms with Crippen molar-refractivity contribution in [1.29, 1.82) is 0 Å². The third-order valence-electron chi connectivity index (χ3n) is 2.17. The third kappa shape index (κ3) is 2.04. The zero-order valence-corrected chi connectivity index (χ0v) is 11.2. The smallest absolute Gasteiger partial charge is 0.105 e. The molecule has 2 rings (SSSR count). The number of rotatable bonds is 2. The molecule has 0 aliphatic carbocycles. The second-order valence-corrected chi connectivity index (χ2v) is 5.83. The van der Waals surface area contributed by atoms with Crippen LogP contribution in [0.5, 0.6) is 0 Å². The minimum atomic E-state index is -0.592. The summed E-state index contributed by atoms with van der Waals surface area (Å²) in [6.45, 7) is 3.72. The highest BCUT2D eigenvalue weighted by Gasteiger charge is 2.23. The van der Waals surface area contributed by atoms with Crippen LogP contribution in [0.15, 0.2) is 27.8 Å². The summed E-state index contributed by atoms with van der Waals surface area (Å²) in [6.07, 6.45) is 0. The van der Waals surface area contributed by atoms with Crippen molar-refractivity contribution in [1.82, 2.24) is 4.98 Å². The monoisotopic (exact) mass is 296 g/mol. The summed E-state index contributed by atoms with van der Waals surface area (Å²) in [6, 6.07) is 5.94. The number of hydrogen-bond acceptors (Lipinski definition) is 3. The van der Waals surface area contributed by atoms with Crippen LogP contribution in [-0.2, 0) is 5.54 Å². The van der Waals surface area contributed by atoms with Crippen LogP contribution >= 0.6 is 27.3 Å². The number of halogens is 1. The van der Waals surface area contributed by atoms with Gasteiger partial charge in [0.2, 0.25) is 0 Å². The Kier molecular flexibility index (Phi) is 2.88. The number of fused-ring (bicyclic) bond motifs is 1. The highest BCUT2D eigenvalue weighted by molar-refractivity contribution is 9.10. The van der Waals surface area contributed by atoms with Crippen molar-refractivity contribution in [3.63, 3.8) is 0 Å². The quantitative estimate of drug-likeness (QED) is 0.454. The van der Waals surface area contributed by atoms with Crippen LogP contribution in [-0.4, -0.2) is 4.98 Å². The number of benzene rings is 1. The van der Waals surface area contributed by atoms with Crippen molar-refractivity contribution < 1.29 is 0 Å². The first-order valence-corrected chi connectivity index (χ1v) is 6.27. The van der Waals surface area contributed by atoms with Crippen molar-refractivity contribution in [3.05, 3.63) is 38.1 Å². The van der Waals surface area contributed by atoms with Gasteiger partial charge < -0.3 is 0 Å². The molecule has 0 aliphatic heterocycles. The molecular formula is C10H9BrN4S. The molecule has 0 spiro atoms. The molecule has 1 heterocycles. The molecule has 82 valence electrons. The van der Waals surface area contributed by atoms with E-state index in [1.165, 1.54) is 0 Å². The number of aromatic nitrogens is 1. The Morgan fingerprint density at radius 2 is 2.25 bits per heavy atom. The van der Waals surface area contributed by atoms with Crippen molar-refractivity contribution in [3.8, 4) is 0 Å². The molecule has 1 aromatic carbocycles. The molecule has 4 nitrogen and oxygen atoms in total. The fourth-order valence-electron chi connectivity index (χ4n) is 1.32. The molecule has 0 saturated heterocycles. The lowest BCUT2D eigenvalue weighted by atomic mass is 10.1. The predicted molar refractivity (Wildman–Crippen MR) is 69.5 cm³/mol. The van der Waals surface area contributed by atoms with Gasteiger partial charge in [-0.1, -0.05) is 21.0 Å². The van der Waals surface area contributed by atoms with Crippen LogP contribution in [0.25, 0.3) is 20.7 Å². The van der Waals surface area contributed by atoms with E-state index in [1.807, 2.05) is 32.0 Å². The Bertz CT molecular complexity index is 584. The molecule has 6 heteroatoms. The minimum Gasteiger partial charge on any atom is -0.240 e. The molecule has 0 radical (unpaired) electrons. The molecule has 0 amide bonds. The van der Waals surface area contributed by atoms with E-state index in [1.54, 1.807) is 11.3 Å². The SMILES string of the molecule is CC(C)(N=[N+]=[N-])c1nc2cc(Br)ccc2s1. The van der Waals surface area contributed by atoms with E-state index in [9.17, 15) is 0 Å². The Balaban J connectivity index is 2.59. The summed E-state index contributed by atoms with van der Waals surface area (Å²) >= 11 is 4.96. The normalized spacial score (nSPS) is 11.4. The van der Waals surface area contributed by atoms with Crippen LogP contribution in [0, 0.1) is 0 Å². The lowest BCUT2D eigenvalue weighted by Gasteiger charge is -2.12. The second-order valence-electron chi connectivity index (χ2n) is 3.88. The highest BCUT2D eigenvalue weighted by atomic mass is 79.9. The second kappa shape index (κ2) is 4.05. The van der Waals surface area contributed by atoms with Gasteiger partial charge in [0.15, 0.2) is 0 Å². The van der Waals surface area contributed by atoms with Crippen molar-refractivity contribution in [2.45, 2.75) is 19.4 Å². The van der Waals surface area contributed by atoms with E-state index in [2.05, 4.69) is 30.9 Å². The average Bonchev–Trinajstić information content (AvgIpc) is 2.61. The van der Waals surface area contributed by atoms with Gasteiger partial charge in [0.1, 0.15) is 5.01 Å². The van der Waals surface area contributed by atoms with Gasteiger partial charge in [-0.15, -0.1) is 11.3 Å². The standard InChI is InChI=1S/C10H9BrN4S/c1-10(2,14-15-12)9-13-7-5-6(11)3-4-8(7)16-9/h3-5H,1-2H3. The van der Waals surface area contributed by atoms with Crippen LogP contribution in [0.3, 0.4) is 0 Å². The maximum Gasteiger partial charge on any atom is 0.105 e. The maximum absolute atomic E-state index is 8.51. The van der Waals surface area contributed by atoms with Crippen LogP contribution in [0.2, 0.25) is 0 Å². The Morgan fingerprint density at radius 1 is 1.50 bits per heavy atom. The van der Waals surface area contributed by atoms with Crippen molar-refractivity contribution in [2.75, 3.05) is 0 Å². The number of hydrogen-bond donors (Lipinski definition) is 0. The highest BCUT2D eigenvalue weighted by Crippen LogP contribution is 2.33. The average molecular weight is 297 g/mol. The van der Waals surface area contributed by atoms with Crippen LogP contribution in [0.1, 0.15) is 18.9 Å². The molecule has 0 bridgehead atoms. The first kappa shape index (κ1) is 11.4. The Hall–Kier alpha value is -1.10. The van der Waals surface area contributed by atoms with E-state index < -0.39 is 5.54 Å². The van der Waals surface area contributed by atoms with Gasteiger partial charge >= 0.3 is 0 Å². The summed E-state index contributed by atoms with van der Waals surface area (Å²) in [5.41, 5.74) is 8.84. The van der Waals surface area contributed by atoms with E-state index in [0.29, 0.717) is 0 Å². The molecule has 1 aromatic heterocycles. The molecule has 16 heavy (non-hydrogen) atoms. The number of azide groups is 1. The van der Waals surface area contributed by atoms with E-state index >= 15 is 0 Å². The minimum absolute atomic E-state index is 0.592. The zero-order valence-electron chi connectivity index (χ0n) is 8.81. The van der Waals surface area contributed by atoms with Gasteiger partial charge in [0.05, 0.1) is 15.8 Å². The molecule has 0 unspecified atom stereocenters. The third-order valence-corrected chi connectivity index (χ3v) is 4.01. The fourth-order valence-corrected chi connectivity index (χ4v) is 2.65. The molecule has 2 aromatic rings. The molecule has 0 aliphatic rings. The first-order chi connectivity index (χ1) is 7.53. The van der Waals surface area contributed by atoms with Gasteiger partial charge in [-0.3, -0.25) is 0 Å². The van der Waals surface area contributed by atoms with Crippen LogP contribution in [0.4, 0.5) is 0 Å². The van der Waals surface area contributed by atoms with E-state index in [4.69, 9.17) is 5.53 Å². The van der Waals surface area contributed by atoms with Crippen molar-refractivity contribution >= 4 is 37.5 Å². The summed E-state index contributed by atoms with van der Waals surface area (Å²) < 4.78 is 2.10. The molecule has 0 fully saturated rings. The molecule has 0 atom stereocenters. The summed E-state index contributed by atoms with van der Waals surface area (Å²) in [4.78, 5) is 7.34. The topological polar surface area (TPSA) is 61.7 Å². The Labute approximate surface area is 105 Å². The first-order valence-electron chi connectivity index (χ1n) is 4.66. The van der Waals surface area contributed by atoms with Gasteiger partial charge in [0.25, 0.3) is 0 Å². The van der Waals surface area contributed by atoms with Crippen LogP contribution < -0.4 is 0 Å². The van der Waals surface area contributed by atoms with E-state index in [0.717, 1.165) is 19.7 Å². The molecule has 0 saturated carbocycles.